The molecule has 0 unspecified atom stereocenters. The predicted molar refractivity (Wildman–Crippen MR) is 183 cm³/mol. The van der Waals surface area contributed by atoms with Crippen molar-refractivity contribution < 1.29 is 20.4 Å². The van der Waals surface area contributed by atoms with Crippen LogP contribution in [0.15, 0.2) is 0 Å². The van der Waals surface area contributed by atoms with Crippen LogP contribution in [-0.4, -0.2) is 44.8 Å². The molecular formula is C40H52O4. The van der Waals surface area contributed by atoms with E-state index in [4.69, 9.17) is 46.1 Å². The maximum Gasteiger partial charge on any atom is 0.176 e. The summed E-state index contributed by atoms with van der Waals surface area (Å²) >= 11 is 0. The van der Waals surface area contributed by atoms with Crippen LogP contribution in [0.1, 0.15) is 128 Å². The van der Waals surface area contributed by atoms with Gasteiger partial charge in [-0.2, -0.15) is 0 Å². The second kappa shape index (κ2) is 35.5. The molecule has 4 N–H and O–H groups in total. The molecule has 0 fully saturated rings. The molecule has 0 amide bonds. The van der Waals surface area contributed by atoms with Gasteiger partial charge in [0.2, 0.25) is 0 Å². The fourth-order valence-electron chi connectivity index (χ4n) is 3.82. The van der Waals surface area contributed by atoms with Gasteiger partial charge in [-0.25, -0.2) is 0 Å². The van der Waals surface area contributed by atoms with Crippen molar-refractivity contribution in [3.8, 4) is 96.7 Å². The molecule has 0 aromatic carbocycles. The van der Waals surface area contributed by atoms with E-state index >= 15 is 0 Å². The lowest BCUT2D eigenvalue weighted by molar-refractivity contribution is 0.289. The average molecular weight is 597 g/mol. The van der Waals surface area contributed by atoms with Crippen molar-refractivity contribution in [3.63, 3.8) is 0 Å². The Balaban J connectivity index is 0. The third-order valence-electron chi connectivity index (χ3n) is 6.29. The summed E-state index contributed by atoms with van der Waals surface area (Å²) in [7, 11) is 0. The minimum Gasteiger partial charge on any atom is -0.369 e. The monoisotopic (exact) mass is 596 g/mol. The third kappa shape index (κ3) is 36.3. The number of rotatable bonds is 18. The molecule has 0 rings (SSSR count). The van der Waals surface area contributed by atoms with Crippen molar-refractivity contribution in [1.82, 2.24) is 0 Å². The molecule has 0 aliphatic heterocycles. The van der Waals surface area contributed by atoms with Gasteiger partial charge in [-0.05, 0) is 25.7 Å². The van der Waals surface area contributed by atoms with E-state index in [1.54, 1.807) is 0 Å². The van der Waals surface area contributed by atoms with Crippen molar-refractivity contribution in [2.75, 3.05) is 0 Å². The molecule has 4 nitrogen and oxygen atoms in total. The summed E-state index contributed by atoms with van der Waals surface area (Å²) < 4.78 is 0. The smallest absolute Gasteiger partial charge is 0.176 e. The van der Waals surface area contributed by atoms with Crippen molar-refractivity contribution in [1.29, 1.82) is 0 Å². The van der Waals surface area contributed by atoms with Crippen LogP contribution in [0.2, 0.25) is 0 Å². The summed E-state index contributed by atoms with van der Waals surface area (Å²) in [5.74, 6) is 30.7. The highest BCUT2D eigenvalue weighted by Crippen LogP contribution is 2.11. The van der Waals surface area contributed by atoms with Gasteiger partial charge in [0.25, 0.3) is 0 Å². The SMILES string of the molecule is C#C[C@H](O)C#CCCCCCCCCCCC#C[C@@H](O)C#C.C#C[C@H](O)C#CCCCCCCCCCCC#C[C@@H](O)C#C. The molecule has 0 saturated heterocycles. The first-order valence-corrected chi connectivity index (χ1v) is 15.9. The largest absolute Gasteiger partial charge is 0.369 e. The Labute approximate surface area is 269 Å². The third-order valence-corrected chi connectivity index (χ3v) is 6.29. The van der Waals surface area contributed by atoms with Crippen LogP contribution in [0.25, 0.3) is 0 Å². The number of aliphatic hydroxyl groups excluding tert-OH is 4. The van der Waals surface area contributed by atoms with E-state index in [1.165, 1.54) is 77.0 Å². The van der Waals surface area contributed by atoms with E-state index in [0.29, 0.717) is 0 Å². The van der Waals surface area contributed by atoms with Gasteiger partial charge in [-0.3, -0.25) is 0 Å². The van der Waals surface area contributed by atoms with Crippen molar-refractivity contribution in [2.45, 2.75) is 153 Å². The summed E-state index contributed by atoms with van der Waals surface area (Å²) in [5.41, 5.74) is 0. The molecule has 0 aromatic rings. The first-order chi connectivity index (χ1) is 21.4. The molecule has 0 aliphatic carbocycles. The predicted octanol–water partition coefficient (Wildman–Crippen LogP) is 5.76. The Morgan fingerprint density at radius 2 is 0.455 bits per heavy atom. The molecule has 44 heavy (non-hydrogen) atoms. The van der Waals surface area contributed by atoms with Crippen LogP contribution in [0.5, 0.6) is 0 Å². The zero-order chi connectivity index (χ0) is 32.9. The van der Waals surface area contributed by atoms with Crippen LogP contribution in [0.3, 0.4) is 0 Å². The van der Waals surface area contributed by atoms with Gasteiger partial charge in [0.05, 0.1) is 0 Å². The van der Waals surface area contributed by atoms with Crippen molar-refractivity contribution in [3.05, 3.63) is 0 Å². The van der Waals surface area contributed by atoms with Crippen LogP contribution in [0, 0.1) is 96.7 Å². The molecular weight excluding hydrogens is 544 g/mol. The van der Waals surface area contributed by atoms with Gasteiger partial charge in [-0.15, -0.1) is 25.7 Å². The lowest BCUT2D eigenvalue weighted by atomic mass is 10.1. The van der Waals surface area contributed by atoms with Crippen molar-refractivity contribution >= 4 is 0 Å². The Kier molecular flexibility index (Phi) is 34.3. The lowest BCUT2D eigenvalue weighted by Crippen LogP contribution is -1.96. The van der Waals surface area contributed by atoms with Gasteiger partial charge in [0, 0.05) is 25.7 Å². The maximum atomic E-state index is 9.04. The maximum absolute atomic E-state index is 9.04. The van der Waals surface area contributed by atoms with Gasteiger partial charge in [0.15, 0.2) is 24.4 Å². The Morgan fingerprint density at radius 1 is 0.295 bits per heavy atom. The van der Waals surface area contributed by atoms with E-state index in [2.05, 4.69) is 71.0 Å². The molecule has 0 aromatic heterocycles. The Morgan fingerprint density at radius 3 is 0.614 bits per heavy atom. The molecule has 4 heteroatoms. The van der Waals surface area contributed by atoms with Gasteiger partial charge in [-0.1, -0.05) is 148 Å². The van der Waals surface area contributed by atoms with Gasteiger partial charge < -0.3 is 20.4 Å². The quantitative estimate of drug-likeness (QED) is 0.120. The number of unbranched alkanes of at least 4 members (excludes halogenated alkanes) is 18. The van der Waals surface area contributed by atoms with Gasteiger partial charge in [0.1, 0.15) is 0 Å². The van der Waals surface area contributed by atoms with Crippen LogP contribution < -0.4 is 0 Å². The first kappa shape index (κ1) is 42.5. The minimum atomic E-state index is -0.917. The van der Waals surface area contributed by atoms with E-state index < -0.39 is 24.4 Å². The first-order valence-electron chi connectivity index (χ1n) is 15.9. The molecule has 0 heterocycles. The van der Waals surface area contributed by atoms with E-state index in [1.807, 2.05) is 0 Å². The minimum absolute atomic E-state index is 0.806. The topological polar surface area (TPSA) is 80.9 Å². The number of aliphatic hydroxyl groups is 4. The van der Waals surface area contributed by atoms with E-state index in [0.717, 1.165) is 51.4 Å². The molecule has 236 valence electrons. The summed E-state index contributed by atoms with van der Waals surface area (Å²) in [4.78, 5) is 0. The van der Waals surface area contributed by atoms with E-state index in [9.17, 15) is 0 Å². The zero-order valence-electron chi connectivity index (χ0n) is 26.5. The van der Waals surface area contributed by atoms with E-state index in [-0.39, 0.29) is 0 Å². The van der Waals surface area contributed by atoms with Crippen LogP contribution >= 0.6 is 0 Å². The lowest BCUT2D eigenvalue weighted by Gasteiger charge is -2.00. The zero-order valence-corrected chi connectivity index (χ0v) is 26.5. The fraction of sp³-hybridized carbons (Fsp3) is 0.600. The molecule has 0 aliphatic rings. The number of terminal acetylenes is 4. The van der Waals surface area contributed by atoms with Crippen molar-refractivity contribution in [2.24, 2.45) is 0 Å². The average Bonchev–Trinajstić information content (AvgIpc) is 3.04. The Bertz CT molecular complexity index is 941. The number of hydrogen-bond donors (Lipinski definition) is 4. The highest BCUT2D eigenvalue weighted by Gasteiger charge is 1.94. The van der Waals surface area contributed by atoms with Gasteiger partial charge >= 0.3 is 0 Å². The molecule has 0 spiro atoms. The summed E-state index contributed by atoms with van der Waals surface area (Å²) in [6.45, 7) is 0. The highest BCUT2D eigenvalue weighted by atomic mass is 16.3. The highest BCUT2D eigenvalue weighted by molar-refractivity contribution is 5.17. The number of hydrogen-bond acceptors (Lipinski definition) is 4. The summed E-state index contributed by atoms with van der Waals surface area (Å²) in [6.07, 6.45) is 38.5. The summed E-state index contributed by atoms with van der Waals surface area (Å²) in [5, 5.41) is 36.1. The second-order valence-corrected chi connectivity index (χ2v) is 10.2. The molecule has 0 radical (unpaired) electrons. The molecule has 0 saturated carbocycles. The normalized spacial score (nSPS) is 11.8. The van der Waals surface area contributed by atoms with Crippen LogP contribution in [0.4, 0.5) is 0 Å². The standard InChI is InChI=1S/2C20H26O2/c2*1-3-19(21)17-15-13-11-9-7-5-6-8-10-12-14-16-18-20(22)4-2/h2*1-2,19-22H,5-14H2/t2*19-,20-/m00/s1. The second-order valence-electron chi connectivity index (χ2n) is 10.2. The molecule has 0 bridgehead atoms. The molecule has 4 atom stereocenters. The fourth-order valence-corrected chi connectivity index (χ4v) is 3.82. The Hall–Kier alpha value is -3.68. The van der Waals surface area contributed by atoms with Crippen LogP contribution in [-0.2, 0) is 0 Å². The summed E-state index contributed by atoms with van der Waals surface area (Å²) in [6, 6.07) is 0.